The molecule has 4 rings (SSSR count). The molecule has 1 aliphatic rings. The minimum Gasteiger partial charge on any atom is -0.276 e. The molecule has 0 bridgehead atoms. The van der Waals surface area contributed by atoms with Crippen LogP contribution in [0, 0.1) is 0 Å². The topological polar surface area (TPSA) is 38.1 Å². The second kappa shape index (κ2) is 4.73. The predicted octanol–water partition coefficient (Wildman–Crippen LogP) is 3.80. The summed E-state index contributed by atoms with van der Waals surface area (Å²) in [6.45, 7) is 4.33. The molecule has 0 aliphatic carbocycles. The predicted molar refractivity (Wildman–Crippen MR) is 89.4 cm³/mol. The van der Waals surface area contributed by atoms with E-state index in [1.165, 1.54) is 11.1 Å². The van der Waals surface area contributed by atoms with Crippen molar-refractivity contribution >= 4 is 16.7 Å². The Labute approximate surface area is 129 Å². The minimum absolute atomic E-state index is 0.114. The van der Waals surface area contributed by atoms with Gasteiger partial charge in [0, 0.05) is 5.56 Å². The van der Waals surface area contributed by atoms with Gasteiger partial charge in [-0.15, -0.1) is 0 Å². The Balaban J connectivity index is 1.93. The van der Waals surface area contributed by atoms with E-state index in [1.807, 2.05) is 30.5 Å². The van der Waals surface area contributed by atoms with Gasteiger partial charge >= 0.3 is 0 Å². The number of aliphatic imine (C=N–C) groups is 1. The van der Waals surface area contributed by atoms with E-state index in [-0.39, 0.29) is 5.54 Å². The Hall–Kier alpha value is -2.55. The zero-order valence-electron chi connectivity index (χ0n) is 12.7. The molecular weight excluding hydrogens is 270 g/mol. The van der Waals surface area contributed by atoms with E-state index >= 15 is 0 Å². The number of aromatic nitrogens is 2. The van der Waals surface area contributed by atoms with E-state index in [0.29, 0.717) is 0 Å². The van der Waals surface area contributed by atoms with E-state index in [9.17, 15) is 0 Å². The summed E-state index contributed by atoms with van der Waals surface area (Å²) < 4.78 is 0. The minimum atomic E-state index is -0.114. The van der Waals surface area contributed by atoms with Crippen LogP contribution in [0.4, 0.5) is 0 Å². The van der Waals surface area contributed by atoms with E-state index in [2.05, 4.69) is 43.1 Å². The van der Waals surface area contributed by atoms with Crippen LogP contribution >= 0.6 is 0 Å². The van der Waals surface area contributed by atoms with Crippen LogP contribution < -0.4 is 0 Å². The molecule has 3 aromatic rings. The largest absolute Gasteiger partial charge is 0.276 e. The summed E-state index contributed by atoms with van der Waals surface area (Å²) in [6, 6.07) is 16.4. The summed E-state index contributed by atoms with van der Waals surface area (Å²) >= 11 is 0. The summed E-state index contributed by atoms with van der Waals surface area (Å²) in [5, 5.41) is 0. The van der Waals surface area contributed by atoms with Crippen LogP contribution in [0.5, 0.6) is 0 Å². The molecule has 1 aromatic heterocycles. The molecule has 0 N–H and O–H groups in total. The zero-order valence-corrected chi connectivity index (χ0v) is 12.7. The van der Waals surface area contributed by atoms with Crippen molar-refractivity contribution in [2.45, 2.75) is 25.8 Å². The second-order valence-electron chi connectivity index (χ2n) is 6.35. The molecular formula is C19H17N3. The van der Waals surface area contributed by atoms with Crippen molar-refractivity contribution in [3.63, 3.8) is 0 Å². The Morgan fingerprint density at radius 2 is 1.64 bits per heavy atom. The first kappa shape index (κ1) is 13.1. The van der Waals surface area contributed by atoms with Gasteiger partial charge in [-0.05, 0) is 38.0 Å². The number of hydrogen-bond donors (Lipinski definition) is 0. The van der Waals surface area contributed by atoms with Gasteiger partial charge < -0.3 is 0 Å². The third-order valence-corrected chi connectivity index (χ3v) is 4.00. The van der Waals surface area contributed by atoms with E-state index < -0.39 is 0 Å². The summed E-state index contributed by atoms with van der Waals surface area (Å²) in [5.41, 5.74) is 6.00. The van der Waals surface area contributed by atoms with Crippen LogP contribution in [0.1, 0.15) is 30.7 Å². The lowest BCUT2D eigenvalue weighted by Crippen LogP contribution is -2.29. The third kappa shape index (κ3) is 2.19. The van der Waals surface area contributed by atoms with Gasteiger partial charge in [0.25, 0.3) is 0 Å². The monoisotopic (exact) mass is 287 g/mol. The average molecular weight is 287 g/mol. The van der Waals surface area contributed by atoms with Crippen LogP contribution in [0.3, 0.4) is 0 Å². The van der Waals surface area contributed by atoms with Crippen molar-refractivity contribution in [2.75, 3.05) is 0 Å². The SMILES string of the molecule is CC1(C)Cc2ccccc2C(c2cnc3ccccc3n2)=N1. The van der Waals surface area contributed by atoms with Crippen LogP contribution in [-0.2, 0) is 6.42 Å². The second-order valence-corrected chi connectivity index (χ2v) is 6.35. The van der Waals surface area contributed by atoms with Crippen molar-refractivity contribution in [2.24, 2.45) is 4.99 Å². The number of hydrogen-bond acceptors (Lipinski definition) is 3. The summed E-state index contributed by atoms with van der Waals surface area (Å²) in [5.74, 6) is 0. The quantitative estimate of drug-likeness (QED) is 0.682. The molecule has 0 saturated carbocycles. The molecule has 22 heavy (non-hydrogen) atoms. The molecule has 3 heteroatoms. The molecule has 2 heterocycles. The molecule has 0 amide bonds. The molecule has 0 atom stereocenters. The highest BCUT2D eigenvalue weighted by atomic mass is 14.9. The normalized spacial score (nSPS) is 16.2. The number of rotatable bonds is 1. The van der Waals surface area contributed by atoms with Crippen molar-refractivity contribution < 1.29 is 0 Å². The Morgan fingerprint density at radius 1 is 0.909 bits per heavy atom. The highest BCUT2D eigenvalue weighted by molar-refractivity contribution is 6.13. The first-order chi connectivity index (χ1) is 10.6. The van der Waals surface area contributed by atoms with Crippen molar-refractivity contribution in [1.29, 1.82) is 0 Å². The van der Waals surface area contributed by atoms with Crippen LogP contribution in [0.2, 0.25) is 0 Å². The Bertz CT molecular complexity index is 894. The molecule has 0 radical (unpaired) electrons. The number of benzene rings is 2. The first-order valence-corrected chi connectivity index (χ1v) is 7.53. The van der Waals surface area contributed by atoms with Crippen molar-refractivity contribution in [1.82, 2.24) is 9.97 Å². The van der Waals surface area contributed by atoms with Crippen LogP contribution in [0.25, 0.3) is 11.0 Å². The highest BCUT2D eigenvalue weighted by Gasteiger charge is 2.27. The summed E-state index contributed by atoms with van der Waals surface area (Å²) in [7, 11) is 0. The number of para-hydroxylation sites is 2. The fourth-order valence-corrected chi connectivity index (χ4v) is 3.04. The highest BCUT2D eigenvalue weighted by Crippen LogP contribution is 2.28. The third-order valence-electron chi connectivity index (χ3n) is 4.00. The van der Waals surface area contributed by atoms with Gasteiger partial charge in [0.15, 0.2) is 0 Å². The van der Waals surface area contributed by atoms with Gasteiger partial charge in [0.2, 0.25) is 0 Å². The molecule has 1 aliphatic heterocycles. The molecule has 0 saturated heterocycles. The number of nitrogens with zero attached hydrogens (tertiary/aromatic N) is 3. The first-order valence-electron chi connectivity index (χ1n) is 7.53. The van der Waals surface area contributed by atoms with Crippen molar-refractivity contribution in [3.05, 3.63) is 71.5 Å². The van der Waals surface area contributed by atoms with E-state index in [4.69, 9.17) is 9.98 Å². The maximum absolute atomic E-state index is 4.95. The lowest BCUT2D eigenvalue weighted by molar-refractivity contribution is 0.513. The van der Waals surface area contributed by atoms with Crippen LogP contribution in [0.15, 0.2) is 59.7 Å². The maximum atomic E-state index is 4.95. The maximum Gasteiger partial charge on any atom is 0.108 e. The molecule has 2 aromatic carbocycles. The Kier molecular flexibility index (Phi) is 2.83. The summed E-state index contributed by atoms with van der Waals surface area (Å²) in [6.07, 6.45) is 2.78. The van der Waals surface area contributed by atoms with Gasteiger partial charge in [-0.25, -0.2) is 4.98 Å². The fourth-order valence-electron chi connectivity index (χ4n) is 3.04. The lowest BCUT2D eigenvalue weighted by atomic mass is 9.86. The van der Waals surface area contributed by atoms with Gasteiger partial charge in [0.05, 0.1) is 28.5 Å². The van der Waals surface area contributed by atoms with E-state index in [1.54, 1.807) is 0 Å². The lowest BCUT2D eigenvalue weighted by Gasteiger charge is -2.28. The van der Waals surface area contributed by atoms with Crippen LogP contribution in [-0.4, -0.2) is 21.2 Å². The number of fused-ring (bicyclic) bond motifs is 2. The average Bonchev–Trinajstić information content (AvgIpc) is 2.53. The zero-order chi connectivity index (χ0) is 15.2. The summed E-state index contributed by atoms with van der Waals surface area (Å²) in [4.78, 5) is 14.3. The smallest absolute Gasteiger partial charge is 0.108 e. The molecule has 108 valence electrons. The van der Waals surface area contributed by atoms with E-state index in [0.717, 1.165) is 28.9 Å². The fraction of sp³-hybridized carbons (Fsp3) is 0.211. The van der Waals surface area contributed by atoms with Gasteiger partial charge in [-0.1, -0.05) is 36.4 Å². The van der Waals surface area contributed by atoms with Gasteiger partial charge in [0.1, 0.15) is 5.69 Å². The van der Waals surface area contributed by atoms with Gasteiger partial charge in [-0.3, -0.25) is 9.98 Å². The molecule has 3 nitrogen and oxygen atoms in total. The molecule has 0 fully saturated rings. The van der Waals surface area contributed by atoms with Gasteiger partial charge in [-0.2, -0.15) is 0 Å². The molecule has 0 unspecified atom stereocenters. The molecule has 0 spiro atoms. The Morgan fingerprint density at radius 3 is 2.50 bits per heavy atom. The van der Waals surface area contributed by atoms with Crippen molar-refractivity contribution in [3.8, 4) is 0 Å². The standard InChI is InChI=1S/C19H17N3/c1-19(2)11-13-7-3-4-8-14(13)18(22-19)17-12-20-15-9-5-6-10-16(15)21-17/h3-10,12H,11H2,1-2H3.